The Morgan fingerprint density at radius 3 is 2.81 bits per heavy atom. The van der Waals surface area contributed by atoms with Gasteiger partial charge in [0.25, 0.3) is 5.91 Å². The van der Waals surface area contributed by atoms with E-state index in [1.165, 1.54) is 6.07 Å². The molecule has 6 nitrogen and oxygen atoms in total. The summed E-state index contributed by atoms with van der Waals surface area (Å²) < 4.78 is 5.95. The van der Waals surface area contributed by atoms with Crippen molar-refractivity contribution in [3.05, 3.63) is 50.7 Å². The Morgan fingerprint density at radius 2 is 2.11 bits per heavy atom. The second-order valence-corrected chi connectivity index (χ2v) is 7.79. The second-order valence-electron chi connectivity index (χ2n) is 7.79. The van der Waals surface area contributed by atoms with Crippen molar-refractivity contribution in [1.29, 1.82) is 0 Å². The molecule has 0 aliphatic heterocycles. The molecule has 0 bridgehead atoms. The van der Waals surface area contributed by atoms with E-state index in [9.17, 15) is 9.59 Å². The van der Waals surface area contributed by atoms with Crippen molar-refractivity contribution in [1.82, 2.24) is 10.3 Å². The fraction of sp³-hybridized carbons (Fsp3) is 0.524. The summed E-state index contributed by atoms with van der Waals surface area (Å²) in [7, 11) is 0. The molecule has 146 valence electrons. The van der Waals surface area contributed by atoms with Crippen LogP contribution in [0.3, 0.4) is 0 Å². The minimum Gasteiger partial charge on any atom is -0.466 e. The molecule has 0 fully saturated rings. The van der Waals surface area contributed by atoms with E-state index >= 15 is 0 Å². The lowest BCUT2D eigenvalue weighted by atomic mass is 9.79. The highest BCUT2D eigenvalue weighted by Crippen LogP contribution is 2.42. The number of pyridine rings is 1. The number of furan rings is 1. The molecule has 1 aliphatic carbocycles. The number of nitrogens with one attached hydrogen (secondary N) is 3. The highest BCUT2D eigenvalue weighted by Gasteiger charge is 2.37. The summed E-state index contributed by atoms with van der Waals surface area (Å²) in [5.41, 5.74) is 2.07. The molecule has 0 aromatic carbocycles. The van der Waals surface area contributed by atoms with Gasteiger partial charge in [0.05, 0.1) is 11.1 Å². The van der Waals surface area contributed by atoms with Crippen LogP contribution in [-0.4, -0.2) is 16.9 Å². The molecule has 2 atom stereocenters. The van der Waals surface area contributed by atoms with E-state index in [-0.39, 0.29) is 17.5 Å². The third-order valence-electron chi connectivity index (χ3n) is 5.64. The summed E-state index contributed by atoms with van der Waals surface area (Å²) in [5, 5.41) is 6.44. The Hall–Kier alpha value is -2.50. The van der Waals surface area contributed by atoms with Crippen LogP contribution in [0.15, 0.2) is 21.3 Å². The number of hydrogen-bond donors (Lipinski definition) is 3. The first kappa shape index (κ1) is 19.3. The van der Waals surface area contributed by atoms with Gasteiger partial charge in [0, 0.05) is 24.1 Å². The van der Waals surface area contributed by atoms with Crippen LogP contribution in [0.25, 0.3) is 0 Å². The second kappa shape index (κ2) is 7.25. The van der Waals surface area contributed by atoms with E-state index < -0.39 is 5.54 Å². The van der Waals surface area contributed by atoms with Gasteiger partial charge in [0.1, 0.15) is 17.3 Å². The SMILES string of the molecule is CCC(C)NC(=O)c1ccc(=O)[nH]c1NC1(C)CCCc2oc(C)c(C)c21. The van der Waals surface area contributed by atoms with Crippen molar-refractivity contribution in [3.8, 4) is 0 Å². The van der Waals surface area contributed by atoms with Gasteiger partial charge in [-0.25, -0.2) is 0 Å². The largest absolute Gasteiger partial charge is 0.466 e. The Morgan fingerprint density at radius 1 is 1.37 bits per heavy atom. The molecule has 2 heterocycles. The molecule has 6 heteroatoms. The van der Waals surface area contributed by atoms with Gasteiger partial charge in [-0.3, -0.25) is 9.59 Å². The van der Waals surface area contributed by atoms with Gasteiger partial charge in [-0.2, -0.15) is 0 Å². The lowest BCUT2D eigenvalue weighted by Crippen LogP contribution is -2.38. The van der Waals surface area contributed by atoms with Gasteiger partial charge in [-0.05, 0) is 58.6 Å². The maximum atomic E-state index is 12.7. The maximum absolute atomic E-state index is 12.7. The van der Waals surface area contributed by atoms with E-state index in [1.807, 2.05) is 20.8 Å². The molecule has 27 heavy (non-hydrogen) atoms. The summed E-state index contributed by atoms with van der Waals surface area (Å²) in [4.78, 5) is 27.5. The van der Waals surface area contributed by atoms with Gasteiger partial charge in [0.15, 0.2) is 0 Å². The molecule has 0 saturated heterocycles. The molecule has 2 aromatic heterocycles. The molecule has 1 aliphatic rings. The van der Waals surface area contributed by atoms with E-state index in [4.69, 9.17) is 4.42 Å². The standard InChI is InChI=1S/C21H29N3O3/c1-6-12(2)22-20(26)15-9-10-17(25)23-19(15)24-21(5)11-7-8-16-18(21)13(3)14(4)27-16/h9-10,12H,6-8,11H2,1-5H3,(H,22,26)(H2,23,24,25). The minimum atomic E-state index is -0.412. The molecule has 0 radical (unpaired) electrons. The molecule has 3 N–H and O–H groups in total. The lowest BCUT2D eigenvalue weighted by molar-refractivity contribution is 0.0939. The number of fused-ring (bicyclic) bond motifs is 1. The van der Waals surface area contributed by atoms with Crippen LogP contribution in [-0.2, 0) is 12.0 Å². The molecule has 0 saturated carbocycles. The third-order valence-corrected chi connectivity index (χ3v) is 5.64. The predicted molar refractivity (Wildman–Crippen MR) is 106 cm³/mol. The normalized spacial score (nSPS) is 20.0. The molecule has 2 unspecified atom stereocenters. The third kappa shape index (κ3) is 3.66. The number of aromatic amines is 1. The number of H-pyrrole nitrogens is 1. The van der Waals surface area contributed by atoms with Crippen molar-refractivity contribution >= 4 is 11.7 Å². The smallest absolute Gasteiger partial charge is 0.255 e. The molecule has 0 spiro atoms. The first-order valence-electron chi connectivity index (χ1n) is 9.67. The van der Waals surface area contributed by atoms with Crippen molar-refractivity contribution in [3.63, 3.8) is 0 Å². The van der Waals surface area contributed by atoms with Crippen LogP contribution < -0.4 is 16.2 Å². The number of anilines is 1. The number of aryl methyl sites for hydroxylation is 2. The maximum Gasteiger partial charge on any atom is 0.255 e. The number of carbonyl (C=O) groups is 1. The zero-order valence-corrected chi connectivity index (χ0v) is 16.8. The van der Waals surface area contributed by atoms with Gasteiger partial charge in [-0.1, -0.05) is 6.92 Å². The zero-order chi connectivity index (χ0) is 19.8. The number of aromatic nitrogens is 1. The summed E-state index contributed by atoms with van der Waals surface area (Å²) in [6.45, 7) is 10.1. The Bertz CT molecular complexity index is 912. The zero-order valence-electron chi connectivity index (χ0n) is 16.8. The molecule has 2 aromatic rings. The summed E-state index contributed by atoms with van der Waals surface area (Å²) in [6.07, 6.45) is 3.62. The quantitative estimate of drug-likeness (QED) is 0.746. The highest BCUT2D eigenvalue weighted by atomic mass is 16.3. The highest BCUT2D eigenvalue weighted by molar-refractivity contribution is 5.99. The Kier molecular flexibility index (Phi) is 5.18. The summed E-state index contributed by atoms with van der Waals surface area (Å²) in [5.74, 6) is 2.18. The van der Waals surface area contributed by atoms with Crippen LogP contribution in [0, 0.1) is 13.8 Å². The summed E-state index contributed by atoms with van der Waals surface area (Å²) >= 11 is 0. The number of hydrogen-bond acceptors (Lipinski definition) is 4. The first-order chi connectivity index (χ1) is 12.7. The van der Waals surface area contributed by atoms with Crippen molar-refractivity contribution in [2.45, 2.75) is 71.9 Å². The van der Waals surface area contributed by atoms with Crippen LogP contribution in [0.4, 0.5) is 5.82 Å². The Labute approximate surface area is 159 Å². The minimum absolute atomic E-state index is 0.0629. The molecule has 1 amide bonds. The van der Waals surface area contributed by atoms with Crippen LogP contribution >= 0.6 is 0 Å². The van der Waals surface area contributed by atoms with Crippen LogP contribution in [0.5, 0.6) is 0 Å². The Balaban J connectivity index is 2.00. The number of amides is 1. The van der Waals surface area contributed by atoms with Crippen molar-refractivity contribution in [2.24, 2.45) is 0 Å². The van der Waals surface area contributed by atoms with E-state index in [2.05, 4.69) is 29.5 Å². The average molecular weight is 371 g/mol. The lowest BCUT2D eigenvalue weighted by Gasteiger charge is -2.36. The first-order valence-corrected chi connectivity index (χ1v) is 9.67. The van der Waals surface area contributed by atoms with Gasteiger partial charge < -0.3 is 20.0 Å². The van der Waals surface area contributed by atoms with E-state index in [0.29, 0.717) is 11.4 Å². The fourth-order valence-electron chi connectivity index (χ4n) is 3.89. The van der Waals surface area contributed by atoms with Crippen molar-refractivity contribution < 1.29 is 9.21 Å². The number of rotatable bonds is 5. The van der Waals surface area contributed by atoms with Gasteiger partial charge in [0.2, 0.25) is 5.56 Å². The number of carbonyl (C=O) groups excluding carboxylic acids is 1. The van der Waals surface area contributed by atoms with Crippen molar-refractivity contribution in [2.75, 3.05) is 5.32 Å². The van der Waals surface area contributed by atoms with E-state index in [0.717, 1.165) is 48.3 Å². The van der Waals surface area contributed by atoms with Gasteiger partial charge in [-0.15, -0.1) is 0 Å². The van der Waals surface area contributed by atoms with E-state index in [1.54, 1.807) is 6.07 Å². The van der Waals surface area contributed by atoms with Crippen LogP contribution in [0.1, 0.15) is 73.0 Å². The topological polar surface area (TPSA) is 87.1 Å². The van der Waals surface area contributed by atoms with Crippen LogP contribution in [0.2, 0.25) is 0 Å². The van der Waals surface area contributed by atoms with Gasteiger partial charge >= 0.3 is 0 Å². The molecular weight excluding hydrogens is 342 g/mol. The fourth-order valence-corrected chi connectivity index (χ4v) is 3.89. The monoisotopic (exact) mass is 371 g/mol. The molecule has 3 rings (SSSR count). The average Bonchev–Trinajstić information content (AvgIpc) is 2.90. The predicted octanol–water partition coefficient (Wildman–Crippen LogP) is 3.78. The molecular formula is C21H29N3O3. The summed E-state index contributed by atoms with van der Waals surface area (Å²) in [6, 6.07) is 3.03.